The number of rotatable bonds is 9. The zero-order chi connectivity index (χ0) is 12.7. The molecular formula is C8H22N4O4. The molecular weight excluding hydrogens is 216 g/mol. The fourth-order valence-corrected chi connectivity index (χ4v) is 1.46. The maximum Gasteiger partial charge on any atom is 0.101 e. The van der Waals surface area contributed by atoms with E-state index in [1.165, 1.54) is 0 Å². The van der Waals surface area contributed by atoms with Gasteiger partial charge in [-0.15, -0.1) is 0 Å². The topological polar surface area (TPSA) is 129 Å². The van der Waals surface area contributed by atoms with Gasteiger partial charge < -0.3 is 20.4 Å². The number of hydrogen-bond acceptors (Lipinski definition) is 8. The molecule has 0 unspecified atom stereocenters. The predicted octanol–water partition coefficient (Wildman–Crippen LogP) is -3.42. The molecule has 0 heterocycles. The molecule has 0 aliphatic carbocycles. The third-order valence-corrected chi connectivity index (χ3v) is 2.73. The minimum Gasteiger partial charge on any atom is -0.381 e. The zero-order valence-electron chi connectivity index (χ0n) is 9.62. The number of aliphatic hydroxyl groups is 4. The number of hydrogen-bond donors (Lipinski definition) is 8. The summed E-state index contributed by atoms with van der Waals surface area (Å²) < 4.78 is 0. The van der Waals surface area contributed by atoms with Gasteiger partial charge in [-0.3, -0.25) is 21.3 Å². The molecule has 0 saturated heterocycles. The van der Waals surface area contributed by atoms with Gasteiger partial charge >= 0.3 is 0 Å². The van der Waals surface area contributed by atoms with Crippen LogP contribution in [0.1, 0.15) is 13.8 Å². The van der Waals surface area contributed by atoms with Crippen LogP contribution in [0.5, 0.6) is 0 Å². The van der Waals surface area contributed by atoms with Crippen LogP contribution >= 0.6 is 0 Å². The van der Waals surface area contributed by atoms with Crippen molar-refractivity contribution in [2.24, 2.45) is 0 Å². The molecule has 0 radical (unpaired) electrons. The molecule has 0 aromatic heterocycles. The Morgan fingerprint density at radius 3 is 0.938 bits per heavy atom. The van der Waals surface area contributed by atoms with Crippen LogP contribution in [0.3, 0.4) is 0 Å². The van der Waals surface area contributed by atoms with Crippen molar-refractivity contribution in [2.75, 3.05) is 26.9 Å². The van der Waals surface area contributed by atoms with Crippen LogP contribution in [0.15, 0.2) is 0 Å². The van der Waals surface area contributed by atoms with Crippen molar-refractivity contribution in [1.29, 1.82) is 0 Å². The fraction of sp³-hybridized carbons (Fsp3) is 1.00. The largest absolute Gasteiger partial charge is 0.381 e. The first-order valence-electron chi connectivity index (χ1n) is 4.93. The van der Waals surface area contributed by atoms with Crippen molar-refractivity contribution in [1.82, 2.24) is 21.3 Å². The van der Waals surface area contributed by atoms with E-state index < -0.39 is 11.3 Å². The van der Waals surface area contributed by atoms with Crippen molar-refractivity contribution in [2.45, 2.75) is 25.2 Å². The summed E-state index contributed by atoms with van der Waals surface area (Å²) in [5.41, 5.74) is -1.97. The summed E-state index contributed by atoms with van der Waals surface area (Å²) in [6.45, 7) is 1.98. The average Bonchev–Trinajstić information content (AvgIpc) is 2.19. The lowest BCUT2D eigenvalue weighted by molar-refractivity contribution is 0.00747. The Kier molecular flexibility index (Phi) is 6.95. The van der Waals surface area contributed by atoms with E-state index in [9.17, 15) is 0 Å². The van der Waals surface area contributed by atoms with Crippen LogP contribution < -0.4 is 21.3 Å². The lowest BCUT2D eigenvalue weighted by Crippen LogP contribution is -2.78. The average molecular weight is 238 g/mol. The van der Waals surface area contributed by atoms with Gasteiger partial charge in [-0.25, -0.2) is 0 Å². The van der Waals surface area contributed by atoms with Crippen LogP contribution in [0.4, 0.5) is 0 Å². The van der Waals surface area contributed by atoms with Gasteiger partial charge in [0.25, 0.3) is 0 Å². The third-order valence-electron chi connectivity index (χ3n) is 2.73. The van der Waals surface area contributed by atoms with E-state index in [0.717, 1.165) is 0 Å². The first-order chi connectivity index (χ1) is 7.49. The van der Waals surface area contributed by atoms with E-state index in [2.05, 4.69) is 21.3 Å². The summed E-state index contributed by atoms with van der Waals surface area (Å²) in [7, 11) is 0. The van der Waals surface area contributed by atoms with Gasteiger partial charge in [0.1, 0.15) is 11.3 Å². The Morgan fingerprint density at radius 1 is 0.625 bits per heavy atom. The summed E-state index contributed by atoms with van der Waals surface area (Å²) in [6, 6.07) is 0. The van der Waals surface area contributed by atoms with Crippen LogP contribution in [-0.4, -0.2) is 58.7 Å². The molecule has 0 aliphatic heterocycles. The second-order valence-corrected chi connectivity index (χ2v) is 3.59. The number of aliphatic hydroxyl groups excluding tert-OH is 4. The van der Waals surface area contributed by atoms with Crippen molar-refractivity contribution in [3.8, 4) is 0 Å². The summed E-state index contributed by atoms with van der Waals surface area (Å²) >= 11 is 0. The molecule has 8 N–H and O–H groups in total. The zero-order valence-corrected chi connectivity index (χ0v) is 9.62. The molecule has 0 aromatic rings. The van der Waals surface area contributed by atoms with Gasteiger partial charge in [-0.2, -0.15) is 0 Å². The molecule has 8 nitrogen and oxygen atoms in total. The van der Waals surface area contributed by atoms with Gasteiger partial charge in [0.05, 0.1) is 26.9 Å². The standard InChI is InChI=1S/C8H22N4O4/c1-7(9-3-13,10-4-14)8(2,11-5-15)12-6-16/h9-16H,3-6H2,1-2H3. The minimum atomic E-state index is -0.984. The van der Waals surface area contributed by atoms with Gasteiger partial charge in [0, 0.05) is 0 Å². The fourth-order valence-electron chi connectivity index (χ4n) is 1.46. The number of nitrogens with one attached hydrogen (secondary N) is 4. The normalized spacial score (nSPS) is 13.1. The Balaban J connectivity index is 4.90. The molecule has 8 heteroatoms. The second kappa shape index (κ2) is 7.09. The van der Waals surface area contributed by atoms with Crippen LogP contribution in [0, 0.1) is 0 Å². The highest BCUT2D eigenvalue weighted by molar-refractivity contribution is 5.00. The highest BCUT2D eigenvalue weighted by atomic mass is 16.3. The van der Waals surface area contributed by atoms with Crippen molar-refractivity contribution in [3.05, 3.63) is 0 Å². The van der Waals surface area contributed by atoms with E-state index in [-0.39, 0.29) is 26.9 Å². The van der Waals surface area contributed by atoms with Crippen molar-refractivity contribution < 1.29 is 20.4 Å². The summed E-state index contributed by atoms with van der Waals surface area (Å²) in [5, 5.41) is 46.5. The van der Waals surface area contributed by atoms with E-state index in [4.69, 9.17) is 20.4 Å². The summed E-state index contributed by atoms with van der Waals surface area (Å²) in [5.74, 6) is 0. The summed E-state index contributed by atoms with van der Waals surface area (Å²) in [4.78, 5) is 0. The highest BCUT2D eigenvalue weighted by Crippen LogP contribution is 2.15. The molecule has 16 heavy (non-hydrogen) atoms. The Hall–Kier alpha value is -0.320. The molecule has 0 bridgehead atoms. The lowest BCUT2D eigenvalue weighted by atomic mass is 9.96. The quantitative estimate of drug-likeness (QED) is 0.195. The van der Waals surface area contributed by atoms with Gasteiger partial charge in [0.15, 0.2) is 0 Å². The monoisotopic (exact) mass is 238 g/mol. The Morgan fingerprint density at radius 2 is 0.812 bits per heavy atom. The molecule has 98 valence electrons. The van der Waals surface area contributed by atoms with Crippen molar-refractivity contribution >= 4 is 0 Å². The Labute approximate surface area is 94.7 Å². The highest BCUT2D eigenvalue weighted by Gasteiger charge is 2.43. The molecule has 0 aromatic carbocycles. The molecule has 0 spiro atoms. The molecule has 0 saturated carbocycles. The smallest absolute Gasteiger partial charge is 0.101 e. The van der Waals surface area contributed by atoms with E-state index in [0.29, 0.717) is 0 Å². The predicted molar refractivity (Wildman–Crippen MR) is 57.7 cm³/mol. The maximum atomic E-state index is 8.91. The first kappa shape index (κ1) is 15.7. The molecule has 0 aliphatic rings. The lowest BCUT2D eigenvalue weighted by Gasteiger charge is -2.47. The van der Waals surface area contributed by atoms with Crippen LogP contribution in [0.2, 0.25) is 0 Å². The maximum absolute atomic E-state index is 8.91. The second-order valence-electron chi connectivity index (χ2n) is 3.59. The Bertz CT molecular complexity index is 161. The molecule has 0 atom stereocenters. The van der Waals surface area contributed by atoms with E-state index in [1.54, 1.807) is 13.8 Å². The molecule has 0 rings (SSSR count). The van der Waals surface area contributed by atoms with Gasteiger partial charge in [0.2, 0.25) is 0 Å². The SMILES string of the molecule is CC(NCO)(NCO)C(C)(NCO)NCO. The molecule has 0 fully saturated rings. The summed E-state index contributed by atoms with van der Waals surface area (Å²) in [6.07, 6.45) is 0. The van der Waals surface area contributed by atoms with E-state index in [1.807, 2.05) is 0 Å². The minimum absolute atomic E-state index is 0.334. The molecule has 0 amide bonds. The van der Waals surface area contributed by atoms with Gasteiger partial charge in [-0.05, 0) is 13.8 Å². The van der Waals surface area contributed by atoms with Crippen LogP contribution in [-0.2, 0) is 0 Å². The third kappa shape index (κ3) is 3.61. The first-order valence-corrected chi connectivity index (χ1v) is 4.93. The van der Waals surface area contributed by atoms with E-state index >= 15 is 0 Å². The van der Waals surface area contributed by atoms with Crippen LogP contribution in [0.25, 0.3) is 0 Å². The van der Waals surface area contributed by atoms with Gasteiger partial charge in [-0.1, -0.05) is 0 Å². The van der Waals surface area contributed by atoms with Crippen molar-refractivity contribution in [3.63, 3.8) is 0 Å².